The Labute approximate surface area is 154 Å². The molecule has 26 heavy (non-hydrogen) atoms. The fraction of sp³-hybridized carbons (Fsp3) is 0.421. The maximum Gasteiger partial charge on any atom is 0.252 e. The maximum atomic E-state index is 12.1. The summed E-state index contributed by atoms with van der Waals surface area (Å²) >= 11 is 0. The summed E-state index contributed by atoms with van der Waals surface area (Å²) < 4.78 is 4.97. The molecule has 7 nitrogen and oxygen atoms in total. The van der Waals surface area contributed by atoms with Crippen LogP contribution in [0.5, 0.6) is 0 Å². The van der Waals surface area contributed by atoms with E-state index in [0.29, 0.717) is 18.7 Å². The first-order chi connectivity index (χ1) is 12.8. The molecule has 2 aromatic heterocycles. The molecule has 2 aromatic rings. The van der Waals surface area contributed by atoms with Crippen molar-refractivity contribution in [1.82, 2.24) is 15.3 Å². The second kappa shape index (κ2) is 9.15. The summed E-state index contributed by atoms with van der Waals surface area (Å²) in [6.07, 6.45) is 4.27. The number of carbonyl (C=O) groups is 1. The summed E-state index contributed by atoms with van der Waals surface area (Å²) in [4.78, 5) is 25.5. The molecule has 1 aliphatic rings. The van der Waals surface area contributed by atoms with E-state index < -0.39 is 0 Å². The zero-order valence-electron chi connectivity index (χ0n) is 15.1. The van der Waals surface area contributed by atoms with Gasteiger partial charge >= 0.3 is 0 Å². The minimum absolute atomic E-state index is 0.0971. The lowest BCUT2D eigenvalue weighted by molar-refractivity contribution is 0.0948. The lowest BCUT2D eigenvalue weighted by Crippen LogP contribution is -2.47. The van der Waals surface area contributed by atoms with Gasteiger partial charge < -0.3 is 19.9 Å². The van der Waals surface area contributed by atoms with Gasteiger partial charge in [-0.05, 0) is 30.7 Å². The minimum atomic E-state index is -0.0971. The number of ether oxygens (including phenoxy) is 1. The molecule has 0 aliphatic carbocycles. The van der Waals surface area contributed by atoms with Crippen LogP contribution >= 0.6 is 0 Å². The maximum absolute atomic E-state index is 12.1. The van der Waals surface area contributed by atoms with Gasteiger partial charge in [0.2, 0.25) is 0 Å². The minimum Gasteiger partial charge on any atom is -0.385 e. The van der Waals surface area contributed by atoms with Crippen LogP contribution < -0.4 is 15.1 Å². The molecule has 3 heterocycles. The summed E-state index contributed by atoms with van der Waals surface area (Å²) in [6, 6.07) is 9.72. The monoisotopic (exact) mass is 355 g/mol. The molecule has 0 aromatic carbocycles. The first-order valence-corrected chi connectivity index (χ1v) is 8.92. The predicted molar refractivity (Wildman–Crippen MR) is 102 cm³/mol. The van der Waals surface area contributed by atoms with Gasteiger partial charge in [-0.15, -0.1) is 0 Å². The van der Waals surface area contributed by atoms with Gasteiger partial charge in [0.15, 0.2) is 0 Å². The molecule has 1 N–H and O–H groups in total. The molecule has 138 valence electrons. The Morgan fingerprint density at radius 3 is 2.38 bits per heavy atom. The largest absolute Gasteiger partial charge is 0.385 e. The normalized spacial score (nSPS) is 14.3. The molecule has 3 rings (SSSR count). The zero-order chi connectivity index (χ0) is 18.2. The second-order valence-electron chi connectivity index (χ2n) is 6.17. The average Bonchev–Trinajstić information content (AvgIpc) is 2.72. The Kier molecular flexibility index (Phi) is 6.38. The van der Waals surface area contributed by atoms with E-state index in [2.05, 4.69) is 25.1 Å². The van der Waals surface area contributed by atoms with Crippen LogP contribution in [0.1, 0.15) is 16.8 Å². The van der Waals surface area contributed by atoms with Crippen LogP contribution in [-0.4, -0.2) is 62.3 Å². The number of carbonyl (C=O) groups excluding carboxylic acids is 1. The number of amides is 1. The molecule has 1 aliphatic heterocycles. The van der Waals surface area contributed by atoms with Crippen LogP contribution in [0.25, 0.3) is 0 Å². The van der Waals surface area contributed by atoms with E-state index in [0.717, 1.165) is 44.2 Å². The van der Waals surface area contributed by atoms with Crippen molar-refractivity contribution in [3.05, 3.63) is 48.3 Å². The van der Waals surface area contributed by atoms with E-state index in [-0.39, 0.29) is 5.91 Å². The van der Waals surface area contributed by atoms with Crippen molar-refractivity contribution >= 4 is 17.5 Å². The van der Waals surface area contributed by atoms with Gasteiger partial charge in [0.25, 0.3) is 5.91 Å². The summed E-state index contributed by atoms with van der Waals surface area (Å²) in [7, 11) is 1.65. The molecule has 0 unspecified atom stereocenters. The van der Waals surface area contributed by atoms with Crippen LogP contribution in [0.15, 0.2) is 42.7 Å². The molecular formula is C19H25N5O2. The van der Waals surface area contributed by atoms with Gasteiger partial charge in [-0.2, -0.15) is 0 Å². The summed E-state index contributed by atoms with van der Waals surface area (Å²) in [5, 5.41) is 2.87. The van der Waals surface area contributed by atoms with Crippen molar-refractivity contribution in [2.24, 2.45) is 0 Å². The smallest absolute Gasteiger partial charge is 0.252 e. The summed E-state index contributed by atoms with van der Waals surface area (Å²) in [5.74, 6) is 1.82. The van der Waals surface area contributed by atoms with Crippen molar-refractivity contribution < 1.29 is 9.53 Å². The van der Waals surface area contributed by atoms with Crippen molar-refractivity contribution in [1.29, 1.82) is 0 Å². The lowest BCUT2D eigenvalue weighted by atomic mass is 10.2. The quantitative estimate of drug-likeness (QED) is 0.760. The van der Waals surface area contributed by atoms with E-state index in [1.54, 1.807) is 13.3 Å². The Balaban J connectivity index is 1.51. The van der Waals surface area contributed by atoms with E-state index in [4.69, 9.17) is 4.74 Å². The highest BCUT2D eigenvalue weighted by Crippen LogP contribution is 2.17. The van der Waals surface area contributed by atoms with Gasteiger partial charge in [0.05, 0.1) is 5.56 Å². The van der Waals surface area contributed by atoms with Crippen molar-refractivity contribution in [3.63, 3.8) is 0 Å². The number of piperazine rings is 1. The Morgan fingerprint density at radius 2 is 1.81 bits per heavy atom. The van der Waals surface area contributed by atoms with Gasteiger partial charge in [-0.1, -0.05) is 6.07 Å². The Bertz CT molecular complexity index is 685. The molecule has 7 heteroatoms. The standard InChI is InChI=1S/C19H25N5O2/c1-26-14-4-9-21-19(25)16-6-7-18(22-15-16)24-12-10-23(11-13-24)17-5-2-3-8-20-17/h2-3,5-8,15H,4,9-14H2,1H3,(H,21,25). The number of anilines is 2. The van der Waals surface area contributed by atoms with Crippen LogP contribution in [-0.2, 0) is 4.74 Å². The van der Waals surface area contributed by atoms with Gasteiger partial charge in [0, 0.05) is 58.8 Å². The van der Waals surface area contributed by atoms with Crippen LogP contribution in [0.4, 0.5) is 11.6 Å². The first kappa shape index (κ1) is 18.1. The third-order valence-electron chi connectivity index (χ3n) is 4.40. The number of hydrogen-bond donors (Lipinski definition) is 1. The van der Waals surface area contributed by atoms with Crippen LogP contribution in [0, 0.1) is 0 Å². The first-order valence-electron chi connectivity index (χ1n) is 8.92. The fourth-order valence-corrected chi connectivity index (χ4v) is 2.93. The number of pyridine rings is 2. The molecule has 0 radical (unpaired) electrons. The molecule has 1 fully saturated rings. The summed E-state index contributed by atoms with van der Waals surface area (Å²) in [6.45, 7) is 4.81. The van der Waals surface area contributed by atoms with Crippen LogP contribution in [0.2, 0.25) is 0 Å². The zero-order valence-corrected chi connectivity index (χ0v) is 15.1. The molecule has 1 amide bonds. The van der Waals surface area contributed by atoms with Gasteiger partial charge in [-0.3, -0.25) is 4.79 Å². The Morgan fingerprint density at radius 1 is 1.08 bits per heavy atom. The number of rotatable bonds is 7. The Hall–Kier alpha value is -2.67. The van der Waals surface area contributed by atoms with Gasteiger partial charge in [0.1, 0.15) is 11.6 Å². The number of nitrogens with zero attached hydrogens (tertiary/aromatic N) is 4. The van der Waals surface area contributed by atoms with Crippen molar-refractivity contribution in [2.75, 3.05) is 56.2 Å². The van der Waals surface area contributed by atoms with E-state index >= 15 is 0 Å². The van der Waals surface area contributed by atoms with E-state index in [1.807, 2.05) is 36.5 Å². The predicted octanol–water partition coefficient (Wildman–Crippen LogP) is 1.57. The van der Waals surface area contributed by atoms with E-state index in [1.165, 1.54) is 0 Å². The lowest BCUT2D eigenvalue weighted by Gasteiger charge is -2.36. The van der Waals surface area contributed by atoms with Gasteiger partial charge in [-0.25, -0.2) is 9.97 Å². The topological polar surface area (TPSA) is 70.6 Å². The van der Waals surface area contributed by atoms with Crippen molar-refractivity contribution in [2.45, 2.75) is 6.42 Å². The molecule has 1 saturated heterocycles. The number of nitrogens with one attached hydrogen (secondary N) is 1. The third-order valence-corrected chi connectivity index (χ3v) is 4.40. The molecule has 0 saturated carbocycles. The van der Waals surface area contributed by atoms with Crippen molar-refractivity contribution in [3.8, 4) is 0 Å². The SMILES string of the molecule is COCCCNC(=O)c1ccc(N2CCN(c3ccccn3)CC2)nc1. The highest BCUT2D eigenvalue weighted by atomic mass is 16.5. The highest BCUT2D eigenvalue weighted by Gasteiger charge is 2.19. The van der Waals surface area contributed by atoms with E-state index in [9.17, 15) is 4.79 Å². The molecular weight excluding hydrogens is 330 g/mol. The average molecular weight is 355 g/mol. The summed E-state index contributed by atoms with van der Waals surface area (Å²) in [5.41, 5.74) is 0.582. The molecule has 0 spiro atoms. The molecule has 0 atom stereocenters. The highest BCUT2D eigenvalue weighted by molar-refractivity contribution is 5.94. The third kappa shape index (κ3) is 4.70. The second-order valence-corrected chi connectivity index (χ2v) is 6.17. The van der Waals surface area contributed by atoms with Crippen LogP contribution in [0.3, 0.4) is 0 Å². The number of methoxy groups -OCH3 is 1. The fourth-order valence-electron chi connectivity index (χ4n) is 2.93. The molecule has 0 bridgehead atoms. The number of hydrogen-bond acceptors (Lipinski definition) is 6. The number of aromatic nitrogens is 2.